The van der Waals surface area contributed by atoms with Crippen molar-refractivity contribution in [1.29, 1.82) is 5.26 Å². The molecule has 1 heterocycles. The van der Waals surface area contributed by atoms with E-state index in [4.69, 9.17) is 5.11 Å². The summed E-state index contributed by atoms with van der Waals surface area (Å²) in [5.74, 6) is -0.997. The van der Waals surface area contributed by atoms with Crippen molar-refractivity contribution in [2.45, 2.75) is 39.5 Å². The largest absolute Gasteiger partial charge is 0.481 e. The van der Waals surface area contributed by atoms with Crippen LogP contribution in [0.25, 0.3) is 11.1 Å². The summed E-state index contributed by atoms with van der Waals surface area (Å²) in [7, 11) is 0. The van der Waals surface area contributed by atoms with E-state index in [0.717, 1.165) is 16.0 Å². The van der Waals surface area contributed by atoms with Gasteiger partial charge >= 0.3 is 5.97 Å². The number of thiophene rings is 1. The van der Waals surface area contributed by atoms with Crippen LogP contribution in [0.2, 0.25) is 0 Å². The highest BCUT2D eigenvalue weighted by atomic mass is 32.1. The highest BCUT2D eigenvalue weighted by Crippen LogP contribution is 2.39. The molecule has 1 aromatic heterocycles. The summed E-state index contributed by atoms with van der Waals surface area (Å²) in [5, 5.41) is 21.4. The van der Waals surface area contributed by atoms with E-state index in [1.165, 1.54) is 16.9 Å². The minimum Gasteiger partial charge on any atom is -0.481 e. The number of nitrogens with one attached hydrogen (secondary N) is 1. The average molecular weight is 356 g/mol. The molecule has 0 aliphatic carbocycles. The van der Waals surface area contributed by atoms with E-state index >= 15 is 0 Å². The number of carboxylic acids is 1. The number of aliphatic carboxylic acids is 1. The number of hydrogen-bond acceptors (Lipinski definition) is 4. The molecule has 2 N–H and O–H groups in total. The molecule has 2 aromatic rings. The van der Waals surface area contributed by atoms with Crippen LogP contribution in [0.4, 0.5) is 5.00 Å². The maximum absolute atomic E-state index is 11.9. The molecule has 6 heteroatoms. The van der Waals surface area contributed by atoms with Gasteiger partial charge in [0.1, 0.15) is 11.1 Å². The van der Waals surface area contributed by atoms with E-state index < -0.39 is 11.9 Å². The van der Waals surface area contributed by atoms with Crippen molar-refractivity contribution in [3.8, 4) is 17.2 Å². The predicted octanol–water partition coefficient (Wildman–Crippen LogP) is 4.52. The van der Waals surface area contributed by atoms with Gasteiger partial charge in [-0.3, -0.25) is 9.59 Å². The van der Waals surface area contributed by atoms with Crippen LogP contribution in [0, 0.1) is 18.3 Å². The van der Waals surface area contributed by atoms with Crippen LogP contribution in [-0.2, 0) is 9.59 Å². The van der Waals surface area contributed by atoms with Gasteiger partial charge in [0, 0.05) is 16.9 Å². The van der Waals surface area contributed by atoms with Crippen molar-refractivity contribution < 1.29 is 14.7 Å². The van der Waals surface area contributed by atoms with E-state index in [0.29, 0.717) is 16.5 Å². The Morgan fingerprint density at radius 3 is 2.40 bits per heavy atom. The van der Waals surface area contributed by atoms with Gasteiger partial charge in [-0.05, 0) is 24.0 Å². The second-order valence-corrected chi connectivity index (χ2v) is 7.29. The number of carbonyl (C=O) groups excluding carboxylic acids is 1. The zero-order valence-corrected chi connectivity index (χ0v) is 15.2. The summed E-state index contributed by atoms with van der Waals surface area (Å²) in [4.78, 5) is 23.4. The molecule has 0 bridgehead atoms. The second kappa shape index (κ2) is 7.95. The lowest BCUT2D eigenvalue weighted by Crippen LogP contribution is -2.13. The van der Waals surface area contributed by atoms with Crippen LogP contribution in [0.3, 0.4) is 0 Å². The molecule has 25 heavy (non-hydrogen) atoms. The van der Waals surface area contributed by atoms with E-state index in [-0.39, 0.29) is 12.8 Å². The SMILES string of the molecule is Cc1sc(NC(=O)CCC(=O)O)c(C#N)c1-c1ccc(C(C)C)cc1. The Morgan fingerprint density at radius 2 is 1.88 bits per heavy atom. The van der Waals surface area contributed by atoms with Crippen molar-refractivity contribution >= 4 is 28.2 Å². The molecule has 0 fully saturated rings. The minimum atomic E-state index is -1.02. The molecule has 0 atom stereocenters. The summed E-state index contributed by atoms with van der Waals surface area (Å²) in [6, 6.07) is 10.2. The minimum absolute atomic E-state index is 0.116. The molecule has 0 saturated carbocycles. The smallest absolute Gasteiger partial charge is 0.303 e. The molecule has 0 radical (unpaired) electrons. The Kier molecular flexibility index (Phi) is 5.94. The number of nitriles is 1. The number of aryl methyl sites for hydroxylation is 1. The maximum Gasteiger partial charge on any atom is 0.303 e. The van der Waals surface area contributed by atoms with Gasteiger partial charge in [0.15, 0.2) is 0 Å². The van der Waals surface area contributed by atoms with Gasteiger partial charge in [-0.2, -0.15) is 5.26 Å². The number of carbonyl (C=O) groups is 2. The van der Waals surface area contributed by atoms with Crippen LogP contribution >= 0.6 is 11.3 Å². The number of carboxylic acid groups (broad SMARTS) is 1. The van der Waals surface area contributed by atoms with Crippen molar-refractivity contribution in [2.75, 3.05) is 5.32 Å². The molecule has 0 aliphatic rings. The van der Waals surface area contributed by atoms with Gasteiger partial charge in [0.25, 0.3) is 0 Å². The lowest BCUT2D eigenvalue weighted by Gasteiger charge is -2.07. The summed E-state index contributed by atoms with van der Waals surface area (Å²) in [5.41, 5.74) is 3.39. The molecule has 1 aromatic carbocycles. The summed E-state index contributed by atoms with van der Waals surface area (Å²) in [6.45, 7) is 6.15. The van der Waals surface area contributed by atoms with Crippen LogP contribution in [0.5, 0.6) is 0 Å². The fourth-order valence-corrected chi connectivity index (χ4v) is 3.57. The van der Waals surface area contributed by atoms with E-state index in [2.05, 4.69) is 25.2 Å². The second-order valence-electron chi connectivity index (χ2n) is 6.07. The first kappa shape index (κ1) is 18.7. The monoisotopic (exact) mass is 356 g/mol. The predicted molar refractivity (Wildman–Crippen MR) is 98.8 cm³/mol. The van der Waals surface area contributed by atoms with Crippen molar-refractivity contribution in [3.05, 3.63) is 40.3 Å². The topological polar surface area (TPSA) is 90.2 Å². The molecule has 2 rings (SSSR count). The van der Waals surface area contributed by atoms with Crippen LogP contribution < -0.4 is 5.32 Å². The van der Waals surface area contributed by atoms with Gasteiger partial charge in [-0.25, -0.2) is 0 Å². The number of nitrogens with zero attached hydrogens (tertiary/aromatic N) is 1. The molecular formula is C19H20N2O3S. The third-order valence-corrected chi connectivity index (χ3v) is 4.90. The summed E-state index contributed by atoms with van der Waals surface area (Å²) < 4.78 is 0. The van der Waals surface area contributed by atoms with Gasteiger partial charge in [-0.15, -0.1) is 11.3 Å². The number of benzene rings is 1. The van der Waals surface area contributed by atoms with Crippen molar-refractivity contribution in [1.82, 2.24) is 0 Å². The third kappa shape index (κ3) is 4.46. The van der Waals surface area contributed by atoms with E-state index in [1.54, 1.807) is 0 Å². The molecule has 0 spiro atoms. The van der Waals surface area contributed by atoms with Gasteiger partial charge < -0.3 is 10.4 Å². The molecule has 130 valence electrons. The zero-order chi connectivity index (χ0) is 18.6. The van der Waals surface area contributed by atoms with Gasteiger partial charge in [-0.1, -0.05) is 38.1 Å². The molecular weight excluding hydrogens is 336 g/mol. The summed E-state index contributed by atoms with van der Waals surface area (Å²) in [6.07, 6.45) is -0.350. The van der Waals surface area contributed by atoms with Crippen LogP contribution in [-0.4, -0.2) is 17.0 Å². The highest BCUT2D eigenvalue weighted by molar-refractivity contribution is 7.17. The van der Waals surface area contributed by atoms with Crippen molar-refractivity contribution in [2.24, 2.45) is 0 Å². The number of amides is 1. The lowest BCUT2D eigenvalue weighted by atomic mass is 9.97. The first-order valence-corrected chi connectivity index (χ1v) is 8.80. The van der Waals surface area contributed by atoms with E-state index in [9.17, 15) is 14.9 Å². The molecule has 5 nitrogen and oxygen atoms in total. The molecule has 0 aliphatic heterocycles. The molecule has 1 amide bonds. The van der Waals surface area contributed by atoms with Gasteiger partial charge in [0.05, 0.1) is 12.0 Å². The Labute approximate surface area is 150 Å². The first-order valence-electron chi connectivity index (χ1n) is 7.99. The quantitative estimate of drug-likeness (QED) is 0.796. The Bertz CT molecular complexity index is 830. The number of hydrogen-bond donors (Lipinski definition) is 2. The standard InChI is InChI=1S/C19H20N2O3S/c1-11(2)13-4-6-14(7-5-13)18-12(3)25-19(15(18)10-20)21-16(22)8-9-17(23)24/h4-7,11H,8-9H2,1-3H3,(H,21,22)(H,23,24). The number of rotatable bonds is 6. The van der Waals surface area contributed by atoms with E-state index in [1.807, 2.05) is 31.2 Å². The molecule has 0 saturated heterocycles. The normalized spacial score (nSPS) is 10.5. The summed E-state index contributed by atoms with van der Waals surface area (Å²) >= 11 is 1.33. The first-order chi connectivity index (χ1) is 11.8. The maximum atomic E-state index is 11.9. The van der Waals surface area contributed by atoms with Crippen LogP contribution in [0.15, 0.2) is 24.3 Å². The third-order valence-electron chi connectivity index (χ3n) is 3.88. The Morgan fingerprint density at radius 1 is 1.24 bits per heavy atom. The fourth-order valence-electron chi connectivity index (χ4n) is 2.53. The van der Waals surface area contributed by atoms with Crippen molar-refractivity contribution in [3.63, 3.8) is 0 Å². The molecule has 0 unspecified atom stereocenters. The Balaban J connectivity index is 2.31. The average Bonchev–Trinajstić information content (AvgIpc) is 2.88. The fraction of sp³-hybridized carbons (Fsp3) is 0.316. The Hall–Kier alpha value is -2.65. The zero-order valence-electron chi connectivity index (χ0n) is 14.4. The lowest BCUT2D eigenvalue weighted by molar-refractivity contribution is -0.138. The highest BCUT2D eigenvalue weighted by Gasteiger charge is 2.19. The number of anilines is 1. The van der Waals surface area contributed by atoms with Crippen LogP contribution in [0.1, 0.15) is 48.6 Å². The van der Waals surface area contributed by atoms with Gasteiger partial charge in [0.2, 0.25) is 5.91 Å².